The smallest absolute Gasteiger partial charge is 0.157 e. The minimum Gasteiger partial charge on any atom is -0.497 e. The first kappa shape index (κ1) is 14.4. The maximum absolute atomic E-state index is 5.25. The van der Waals surface area contributed by atoms with Crippen LogP contribution in [-0.2, 0) is 0 Å². The van der Waals surface area contributed by atoms with E-state index in [1.807, 2.05) is 61.7 Å². The van der Waals surface area contributed by atoms with E-state index in [-0.39, 0.29) is 0 Å². The molecule has 0 spiro atoms. The summed E-state index contributed by atoms with van der Waals surface area (Å²) in [6.07, 6.45) is 1.84. The van der Waals surface area contributed by atoms with Gasteiger partial charge in [0.2, 0.25) is 0 Å². The molecule has 1 N–H and O–H groups in total. The molecule has 1 aromatic carbocycles. The minimum absolute atomic E-state index is 0.729. The third-order valence-electron chi connectivity index (χ3n) is 3.85. The molecule has 4 rings (SSSR count). The zero-order chi connectivity index (χ0) is 16.5. The molecular formula is C19H16N4O. The van der Waals surface area contributed by atoms with Gasteiger partial charge in [0.1, 0.15) is 11.4 Å². The number of aromatic nitrogens is 4. The lowest BCUT2D eigenvalue weighted by molar-refractivity contribution is 0.415. The van der Waals surface area contributed by atoms with E-state index in [0.717, 1.165) is 45.3 Å². The Labute approximate surface area is 139 Å². The van der Waals surface area contributed by atoms with Gasteiger partial charge in [-0.15, -0.1) is 0 Å². The van der Waals surface area contributed by atoms with Crippen LogP contribution in [-0.4, -0.2) is 27.0 Å². The normalized spacial score (nSPS) is 10.9. The van der Waals surface area contributed by atoms with Crippen LogP contribution in [0.5, 0.6) is 5.75 Å². The Morgan fingerprint density at radius 2 is 1.79 bits per heavy atom. The van der Waals surface area contributed by atoms with Gasteiger partial charge in [0.25, 0.3) is 0 Å². The van der Waals surface area contributed by atoms with Crippen LogP contribution in [0.15, 0.2) is 54.7 Å². The van der Waals surface area contributed by atoms with Crippen molar-refractivity contribution in [3.8, 4) is 28.7 Å². The molecule has 0 saturated carbocycles. The maximum Gasteiger partial charge on any atom is 0.157 e. The highest BCUT2D eigenvalue weighted by molar-refractivity contribution is 5.80. The fourth-order valence-electron chi connectivity index (χ4n) is 2.57. The molecule has 4 aromatic rings. The fourth-order valence-corrected chi connectivity index (χ4v) is 2.57. The van der Waals surface area contributed by atoms with Crippen molar-refractivity contribution in [3.63, 3.8) is 0 Å². The predicted octanol–water partition coefficient (Wildman–Crippen LogP) is 4.00. The zero-order valence-corrected chi connectivity index (χ0v) is 13.4. The number of nitrogens with zero attached hydrogens (tertiary/aromatic N) is 3. The Balaban J connectivity index is 1.76. The van der Waals surface area contributed by atoms with Crippen LogP contribution in [0, 0.1) is 6.92 Å². The largest absolute Gasteiger partial charge is 0.497 e. The molecule has 5 heteroatoms. The SMILES string of the molecule is COc1ccc2nc(-c3cccc(-c4ccc(C)cn4)n3)[nH]c2c1. The second kappa shape index (κ2) is 5.77. The molecule has 0 amide bonds. The maximum atomic E-state index is 5.25. The third-order valence-corrected chi connectivity index (χ3v) is 3.85. The molecule has 3 aromatic heterocycles. The number of aryl methyl sites for hydroxylation is 1. The van der Waals surface area contributed by atoms with E-state index in [2.05, 4.69) is 15.0 Å². The Morgan fingerprint density at radius 1 is 0.917 bits per heavy atom. The molecule has 118 valence electrons. The van der Waals surface area contributed by atoms with Gasteiger partial charge in [0.15, 0.2) is 5.82 Å². The van der Waals surface area contributed by atoms with Gasteiger partial charge >= 0.3 is 0 Å². The van der Waals surface area contributed by atoms with Crippen molar-refractivity contribution in [2.75, 3.05) is 7.11 Å². The number of methoxy groups -OCH3 is 1. The number of aromatic amines is 1. The first-order valence-corrected chi connectivity index (χ1v) is 7.67. The average molecular weight is 316 g/mol. The molecule has 0 aliphatic rings. The number of fused-ring (bicyclic) bond motifs is 1. The number of H-pyrrole nitrogens is 1. The zero-order valence-electron chi connectivity index (χ0n) is 13.4. The van der Waals surface area contributed by atoms with Crippen molar-refractivity contribution in [2.24, 2.45) is 0 Å². The second-order valence-corrected chi connectivity index (χ2v) is 5.60. The summed E-state index contributed by atoms with van der Waals surface area (Å²) in [5.74, 6) is 1.52. The van der Waals surface area contributed by atoms with Crippen LogP contribution < -0.4 is 4.74 Å². The predicted molar refractivity (Wildman–Crippen MR) is 93.8 cm³/mol. The fraction of sp³-hybridized carbons (Fsp3) is 0.105. The minimum atomic E-state index is 0.729. The summed E-state index contributed by atoms with van der Waals surface area (Å²) in [6.45, 7) is 2.02. The number of imidazole rings is 1. The Kier molecular flexibility index (Phi) is 3.46. The van der Waals surface area contributed by atoms with Crippen molar-refractivity contribution < 1.29 is 4.74 Å². The van der Waals surface area contributed by atoms with E-state index >= 15 is 0 Å². The van der Waals surface area contributed by atoms with E-state index in [4.69, 9.17) is 9.72 Å². The number of hydrogen-bond acceptors (Lipinski definition) is 4. The van der Waals surface area contributed by atoms with E-state index in [9.17, 15) is 0 Å². The van der Waals surface area contributed by atoms with Gasteiger partial charge in [0.05, 0.1) is 29.5 Å². The summed E-state index contributed by atoms with van der Waals surface area (Å²) >= 11 is 0. The third kappa shape index (κ3) is 2.60. The number of rotatable bonds is 3. The van der Waals surface area contributed by atoms with Gasteiger partial charge in [-0.25, -0.2) is 9.97 Å². The molecule has 0 fully saturated rings. The highest BCUT2D eigenvalue weighted by Gasteiger charge is 2.09. The first-order valence-electron chi connectivity index (χ1n) is 7.67. The molecule has 0 atom stereocenters. The molecule has 3 heterocycles. The van der Waals surface area contributed by atoms with Crippen molar-refractivity contribution in [3.05, 3.63) is 60.3 Å². The number of pyridine rings is 2. The molecule has 0 saturated heterocycles. The average Bonchev–Trinajstić information content (AvgIpc) is 3.05. The summed E-state index contributed by atoms with van der Waals surface area (Å²) in [5.41, 5.74) is 5.38. The van der Waals surface area contributed by atoms with E-state index in [0.29, 0.717) is 0 Å². The van der Waals surface area contributed by atoms with Crippen molar-refractivity contribution in [1.29, 1.82) is 0 Å². The van der Waals surface area contributed by atoms with Crippen LogP contribution in [0.1, 0.15) is 5.56 Å². The van der Waals surface area contributed by atoms with E-state index in [1.165, 1.54) is 0 Å². The molecule has 0 aliphatic heterocycles. The van der Waals surface area contributed by atoms with Crippen molar-refractivity contribution >= 4 is 11.0 Å². The molecular weight excluding hydrogens is 300 g/mol. The number of ether oxygens (including phenoxy) is 1. The summed E-state index contributed by atoms with van der Waals surface area (Å²) < 4.78 is 5.25. The van der Waals surface area contributed by atoms with E-state index in [1.54, 1.807) is 7.11 Å². The van der Waals surface area contributed by atoms with Crippen LogP contribution in [0.2, 0.25) is 0 Å². The summed E-state index contributed by atoms with van der Waals surface area (Å²) in [5, 5.41) is 0. The van der Waals surface area contributed by atoms with E-state index < -0.39 is 0 Å². The van der Waals surface area contributed by atoms with Gasteiger partial charge in [-0.2, -0.15) is 0 Å². The molecule has 0 unspecified atom stereocenters. The van der Waals surface area contributed by atoms with Crippen LogP contribution in [0.25, 0.3) is 33.9 Å². The first-order chi connectivity index (χ1) is 11.7. The Bertz CT molecular complexity index is 1010. The highest BCUT2D eigenvalue weighted by atomic mass is 16.5. The van der Waals surface area contributed by atoms with Gasteiger partial charge in [-0.05, 0) is 42.8 Å². The lowest BCUT2D eigenvalue weighted by Crippen LogP contribution is -1.91. The summed E-state index contributed by atoms with van der Waals surface area (Å²) in [4.78, 5) is 17.0. The number of nitrogens with one attached hydrogen (secondary N) is 1. The molecule has 0 bridgehead atoms. The quantitative estimate of drug-likeness (QED) is 0.620. The molecule has 24 heavy (non-hydrogen) atoms. The summed E-state index contributed by atoms with van der Waals surface area (Å²) in [6, 6.07) is 15.6. The molecule has 0 aliphatic carbocycles. The van der Waals surface area contributed by atoms with Crippen LogP contribution >= 0.6 is 0 Å². The van der Waals surface area contributed by atoms with Gasteiger partial charge in [0, 0.05) is 12.3 Å². The Hall–Kier alpha value is -3.21. The topological polar surface area (TPSA) is 63.7 Å². The highest BCUT2D eigenvalue weighted by Crippen LogP contribution is 2.24. The van der Waals surface area contributed by atoms with Gasteiger partial charge in [-0.3, -0.25) is 4.98 Å². The van der Waals surface area contributed by atoms with Crippen LogP contribution in [0.4, 0.5) is 0 Å². The van der Waals surface area contributed by atoms with Crippen LogP contribution in [0.3, 0.4) is 0 Å². The van der Waals surface area contributed by atoms with Gasteiger partial charge in [-0.1, -0.05) is 12.1 Å². The monoisotopic (exact) mass is 316 g/mol. The standard InChI is InChI=1S/C19H16N4O/c1-12-6-8-14(20-11-12)15-4-3-5-17(21-15)19-22-16-9-7-13(24-2)10-18(16)23-19/h3-11H,1-2H3,(H,22,23). The Morgan fingerprint density at radius 3 is 2.58 bits per heavy atom. The lowest BCUT2D eigenvalue weighted by atomic mass is 10.2. The lowest BCUT2D eigenvalue weighted by Gasteiger charge is -2.02. The van der Waals surface area contributed by atoms with Crippen molar-refractivity contribution in [1.82, 2.24) is 19.9 Å². The molecule has 5 nitrogen and oxygen atoms in total. The van der Waals surface area contributed by atoms with Gasteiger partial charge < -0.3 is 9.72 Å². The summed E-state index contributed by atoms with van der Waals surface area (Å²) in [7, 11) is 1.65. The van der Waals surface area contributed by atoms with Crippen molar-refractivity contribution in [2.45, 2.75) is 6.92 Å². The second-order valence-electron chi connectivity index (χ2n) is 5.60. The number of hydrogen-bond donors (Lipinski definition) is 1. The number of benzene rings is 1. The molecule has 0 radical (unpaired) electrons.